The van der Waals surface area contributed by atoms with E-state index in [9.17, 15) is 4.79 Å². The van der Waals surface area contributed by atoms with Crippen LogP contribution in [0.1, 0.15) is 116 Å². The van der Waals surface area contributed by atoms with Gasteiger partial charge in [0.05, 0.1) is 6.07 Å². The molecule has 0 fully saturated rings. The summed E-state index contributed by atoms with van der Waals surface area (Å²) in [7, 11) is 0. The molecule has 0 aliphatic rings. The largest absolute Gasteiger partial charge is 0.355 e. The lowest BCUT2D eigenvalue weighted by atomic mass is 10.0. The number of nitriles is 1. The van der Waals surface area contributed by atoms with E-state index in [-0.39, 0.29) is 12.3 Å². The van der Waals surface area contributed by atoms with Crippen LogP contribution in [0.4, 0.5) is 0 Å². The summed E-state index contributed by atoms with van der Waals surface area (Å²) in [4.78, 5) is 11.1. The molecule has 0 saturated heterocycles. The van der Waals surface area contributed by atoms with Gasteiger partial charge in [-0.05, 0) is 6.42 Å². The van der Waals surface area contributed by atoms with Crippen LogP contribution in [0.3, 0.4) is 0 Å². The molecule has 1 amide bonds. The summed E-state index contributed by atoms with van der Waals surface area (Å²) >= 11 is 0. The van der Waals surface area contributed by atoms with Gasteiger partial charge in [0.25, 0.3) is 0 Å². The number of hydrogen-bond acceptors (Lipinski definition) is 2. The van der Waals surface area contributed by atoms with Gasteiger partial charge in [-0.1, -0.05) is 103 Å². The predicted molar refractivity (Wildman–Crippen MR) is 103 cm³/mol. The lowest BCUT2D eigenvalue weighted by Crippen LogP contribution is -2.23. The Morgan fingerprint density at radius 1 is 0.708 bits per heavy atom. The molecule has 140 valence electrons. The van der Waals surface area contributed by atoms with Crippen LogP contribution in [0, 0.1) is 11.3 Å². The number of rotatable bonds is 18. The van der Waals surface area contributed by atoms with Crippen molar-refractivity contribution in [3.8, 4) is 6.07 Å². The average molecular weight is 337 g/mol. The van der Waals surface area contributed by atoms with Crippen molar-refractivity contribution in [3.63, 3.8) is 0 Å². The van der Waals surface area contributed by atoms with Gasteiger partial charge in [0.15, 0.2) is 0 Å². The molecule has 0 aromatic heterocycles. The van der Waals surface area contributed by atoms with Gasteiger partial charge in [-0.2, -0.15) is 5.26 Å². The van der Waals surface area contributed by atoms with E-state index in [2.05, 4.69) is 12.2 Å². The SMILES string of the molecule is CCCCCCCCCCCCCCCCCCNC(=O)CC#N. The van der Waals surface area contributed by atoms with Crippen molar-refractivity contribution in [1.82, 2.24) is 5.32 Å². The molecule has 0 bridgehead atoms. The second-order valence-corrected chi connectivity index (χ2v) is 6.99. The van der Waals surface area contributed by atoms with E-state index >= 15 is 0 Å². The first kappa shape index (κ1) is 23.0. The fourth-order valence-electron chi connectivity index (χ4n) is 3.04. The zero-order valence-electron chi connectivity index (χ0n) is 16.1. The first-order chi connectivity index (χ1) is 11.8. The van der Waals surface area contributed by atoms with Crippen LogP contribution in [-0.2, 0) is 4.79 Å². The van der Waals surface area contributed by atoms with Gasteiger partial charge in [0.1, 0.15) is 6.42 Å². The Labute approximate surface area is 150 Å². The normalized spacial score (nSPS) is 10.5. The van der Waals surface area contributed by atoms with Gasteiger partial charge < -0.3 is 5.32 Å². The third-order valence-corrected chi connectivity index (χ3v) is 4.59. The van der Waals surface area contributed by atoms with Gasteiger partial charge >= 0.3 is 0 Å². The molecular formula is C21H40N2O. The van der Waals surface area contributed by atoms with E-state index in [1.54, 1.807) is 0 Å². The molecule has 0 aliphatic carbocycles. The van der Waals surface area contributed by atoms with Crippen molar-refractivity contribution in [2.45, 2.75) is 116 Å². The Kier molecular flexibility index (Phi) is 19.1. The zero-order valence-corrected chi connectivity index (χ0v) is 16.1. The fraction of sp³-hybridized carbons (Fsp3) is 0.905. The molecule has 0 atom stereocenters. The van der Waals surface area contributed by atoms with E-state index in [0.29, 0.717) is 0 Å². The van der Waals surface area contributed by atoms with Crippen LogP contribution < -0.4 is 5.32 Å². The van der Waals surface area contributed by atoms with Crippen LogP contribution >= 0.6 is 0 Å². The monoisotopic (exact) mass is 336 g/mol. The minimum absolute atomic E-state index is 0.0150. The molecule has 24 heavy (non-hydrogen) atoms. The summed E-state index contributed by atoms with van der Waals surface area (Å²) in [6.45, 7) is 3.00. The van der Waals surface area contributed by atoms with Crippen LogP contribution in [0.25, 0.3) is 0 Å². The second kappa shape index (κ2) is 20.0. The molecule has 0 spiro atoms. The Balaban J connectivity index is 3.03. The quantitative estimate of drug-likeness (QED) is 0.299. The van der Waals surface area contributed by atoms with E-state index in [4.69, 9.17) is 5.26 Å². The Hall–Kier alpha value is -1.04. The molecule has 0 saturated carbocycles. The molecule has 0 aliphatic heterocycles. The number of nitrogens with one attached hydrogen (secondary N) is 1. The molecule has 0 rings (SSSR count). The number of unbranched alkanes of at least 4 members (excludes halogenated alkanes) is 15. The molecule has 1 N–H and O–H groups in total. The van der Waals surface area contributed by atoms with Crippen molar-refractivity contribution in [1.29, 1.82) is 5.26 Å². The van der Waals surface area contributed by atoms with Crippen LogP contribution in [0.5, 0.6) is 0 Å². The maximum Gasteiger partial charge on any atom is 0.234 e. The van der Waals surface area contributed by atoms with Gasteiger partial charge in [-0.25, -0.2) is 0 Å². The maximum atomic E-state index is 11.1. The topological polar surface area (TPSA) is 52.9 Å². The predicted octanol–water partition coefficient (Wildman–Crippen LogP) is 6.28. The van der Waals surface area contributed by atoms with Crippen molar-refractivity contribution in [2.75, 3.05) is 6.54 Å². The molecule has 3 heteroatoms. The van der Waals surface area contributed by atoms with E-state index in [0.717, 1.165) is 13.0 Å². The lowest BCUT2D eigenvalue weighted by molar-refractivity contribution is -0.120. The maximum absolute atomic E-state index is 11.1. The molecule has 0 aromatic carbocycles. The molecule has 0 aromatic rings. The van der Waals surface area contributed by atoms with Crippen molar-refractivity contribution < 1.29 is 4.79 Å². The van der Waals surface area contributed by atoms with Crippen LogP contribution in [-0.4, -0.2) is 12.5 Å². The summed E-state index contributed by atoms with van der Waals surface area (Å²) in [6.07, 6.45) is 21.7. The number of amides is 1. The molecular weight excluding hydrogens is 296 g/mol. The number of nitrogens with zero attached hydrogens (tertiary/aromatic N) is 1. The van der Waals surface area contributed by atoms with Crippen molar-refractivity contribution in [2.24, 2.45) is 0 Å². The summed E-state index contributed by atoms with van der Waals surface area (Å²) in [6, 6.07) is 1.86. The van der Waals surface area contributed by atoms with Gasteiger partial charge in [0, 0.05) is 6.54 Å². The van der Waals surface area contributed by atoms with E-state index < -0.39 is 0 Å². The summed E-state index contributed by atoms with van der Waals surface area (Å²) in [5, 5.41) is 11.1. The lowest BCUT2D eigenvalue weighted by Gasteiger charge is -2.04. The third kappa shape index (κ3) is 19.0. The summed E-state index contributed by atoms with van der Waals surface area (Å²) in [5.74, 6) is -0.140. The van der Waals surface area contributed by atoms with Gasteiger partial charge in [-0.3, -0.25) is 4.79 Å². The van der Waals surface area contributed by atoms with E-state index in [1.165, 1.54) is 96.3 Å². The Morgan fingerprint density at radius 2 is 1.08 bits per heavy atom. The third-order valence-electron chi connectivity index (χ3n) is 4.59. The zero-order chi connectivity index (χ0) is 17.7. The highest BCUT2D eigenvalue weighted by Gasteiger charge is 1.98. The highest BCUT2D eigenvalue weighted by molar-refractivity contribution is 5.77. The number of carbonyl (C=O) groups is 1. The molecule has 0 heterocycles. The Morgan fingerprint density at radius 3 is 1.46 bits per heavy atom. The fourth-order valence-corrected chi connectivity index (χ4v) is 3.04. The average Bonchev–Trinajstić information content (AvgIpc) is 2.58. The Bertz CT molecular complexity index is 309. The second-order valence-electron chi connectivity index (χ2n) is 6.99. The van der Waals surface area contributed by atoms with Gasteiger partial charge in [-0.15, -0.1) is 0 Å². The minimum Gasteiger partial charge on any atom is -0.355 e. The smallest absolute Gasteiger partial charge is 0.234 e. The molecule has 3 nitrogen and oxygen atoms in total. The number of carbonyl (C=O) groups excluding carboxylic acids is 1. The van der Waals surface area contributed by atoms with Crippen molar-refractivity contribution >= 4 is 5.91 Å². The minimum atomic E-state index is -0.140. The summed E-state index contributed by atoms with van der Waals surface area (Å²) in [5.41, 5.74) is 0. The first-order valence-corrected chi connectivity index (χ1v) is 10.4. The summed E-state index contributed by atoms with van der Waals surface area (Å²) < 4.78 is 0. The highest BCUT2D eigenvalue weighted by atomic mass is 16.1. The number of hydrogen-bond donors (Lipinski definition) is 1. The van der Waals surface area contributed by atoms with E-state index in [1.807, 2.05) is 6.07 Å². The van der Waals surface area contributed by atoms with Crippen LogP contribution in [0.2, 0.25) is 0 Å². The molecule has 0 unspecified atom stereocenters. The highest BCUT2D eigenvalue weighted by Crippen LogP contribution is 2.13. The molecule has 0 radical (unpaired) electrons. The standard InChI is InChI=1S/C21H40N2O/c1-2-3-4-5-6-7-8-9-10-11-12-13-14-15-16-17-20-23-21(24)18-19-22/h2-18,20H2,1H3,(H,23,24). The van der Waals surface area contributed by atoms with Gasteiger partial charge in [0.2, 0.25) is 5.91 Å². The van der Waals surface area contributed by atoms with Crippen molar-refractivity contribution in [3.05, 3.63) is 0 Å². The first-order valence-electron chi connectivity index (χ1n) is 10.4. The van der Waals surface area contributed by atoms with Crippen LogP contribution in [0.15, 0.2) is 0 Å².